The van der Waals surface area contributed by atoms with Gasteiger partial charge in [-0.25, -0.2) is 9.50 Å². The fraction of sp³-hybridized carbons (Fsp3) is 0.133. The molecule has 1 atom stereocenters. The maximum atomic E-state index is 13.4. The Balaban J connectivity index is 1.41. The molecule has 3 heterocycles. The number of aryl methyl sites for hydroxylation is 1. The maximum absolute atomic E-state index is 13.4. The summed E-state index contributed by atoms with van der Waals surface area (Å²) in [6.45, 7) is 2.00. The predicted octanol–water partition coefficient (Wildman–Crippen LogP) is 3.62. The molecule has 1 aliphatic rings. The lowest BCUT2D eigenvalue weighted by Crippen LogP contribution is -2.34. The minimum absolute atomic E-state index is 0.146. The summed E-state index contributed by atoms with van der Waals surface area (Å²) in [6, 6.07) is 19.8. The smallest absolute Gasteiger partial charge is 0.259 e. The summed E-state index contributed by atoms with van der Waals surface area (Å²) < 4.78 is 3.25. The second-order valence-corrected chi connectivity index (χ2v) is 9.25. The predicted molar refractivity (Wildman–Crippen MR) is 146 cm³/mol. The molecule has 8 nitrogen and oxygen atoms in total. The van der Waals surface area contributed by atoms with Crippen LogP contribution in [0.2, 0.25) is 0 Å². The molecule has 5 aromatic rings. The zero-order valence-corrected chi connectivity index (χ0v) is 21.0. The first-order chi connectivity index (χ1) is 18.5. The molecular formula is C30H25N7O. The van der Waals surface area contributed by atoms with E-state index in [1.807, 2.05) is 56.6 Å². The summed E-state index contributed by atoms with van der Waals surface area (Å²) in [7, 11) is 1.88. The van der Waals surface area contributed by atoms with Crippen molar-refractivity contribution in [3.05, 3.63) is 118 Å². The molecule has 0 aliphatic heterocycles. The first-order valence-corrected chi connectivity index (χ1v) is 12.3. The molecule has 0 spiro atoms. The molecule has 1 unspecified atom stereocenters. The van der Waals surface area contributed by atoms with Crippen molar-refractivity contribution in [3.8, 4) is 11.8 Å². The second kappa shape index (κ2) is 9.37. The van der Waals surface area contributed by atoms with E-state index in [0.29, 0.717) is 17.8 Å². The molecule has 1 aliphatic carbocycles. The Kier molecular flexibility index (Phi) is 5.74. The van der Waals surface area contributed by atoms with E-state index >= 15 is 0 Å². The summed E-state index contributed by atoms with van der Waals surface area (Å²) >= 11 is 0. The first kappa shape index (κ1) is 23.3. The van der Waals surface area contributed by atoms with Gasteiger partial charge < -0.3 is 11.1 Å². The van der Waals surface area contributed by atoms with Crippen LogP contribution in [0.4, 0.5) is 5.82 Å². The number of amides is 1. The Labute approximate surface area is 219 Å². The number of nitrogen functional groups attached to an aromatic ring is 1. The standard InChI is InChI=1S/C30H25N7O/c1-19(33-30(38)27-28(31)35-37-16-7-15-32-29(27)37)24-18-22-11-6-10-21(12-13-23-14-17-36(2)34-23)25(22)26(24)20-8-4-3-5-9-20/h3-11,14-17,19H,18H2,1-2H3,(H2,31,35)(H,33,38). The van der Waals surface area contributed by atoms with Crippen molar-refractivity contribution >= 4 is 22.9 Å². The fourth-order valence-electron chi connectivity index (χ4n) is 5.00. The maximum Gasteiger partial charge on any atom is 0.259 e. The van der Waals surface area contributed by atoms with Gasteiger partial charge in [-0.2, -0.15) is 5.10 Å². The van der Waals surface area contributed by atoms with E-state index in [0.717, 1.165) is 27.8 Å². The van der Waals surface area contributed by atoms with Crippen LogP contribution in [0, 0.1) is 11.8 Å². The minimum atomic E-state index is -0.310. The van der Waals surface area contributed by atoms with Gasteiger partial charge in [0, 0.05) is 42.8 Å². The second-order valence-electron chi connectivity index (χ2n) is 9.25. The highest BCUT2D eigenvalue weighted by Crippen LogP contribution is 2.40. The van der Waals surface area contributed by atoms with Crippen molar-refractivity contribution < 1.29 is 4.79 Å². The average Bonchev–Trinajstić information content (AvgIpc) is 3.62. The Morgan fingerprint density at radius 3 is 2.66 bits per heavy atom. The number of nitrogens with one attached hydrogen (secondary N) is 1. The minimum Gasteiger partial charge on any atom is -0.381 e. The van der Waals surface area contributed by atoms with Gasteiger partial charge in [0.05, 0.1) is 0 Å². The molecule has 0 bridgehead atoms. The van der Waals surface area contributed by atoms with Gasteiger partial charge in [0.15, 0.2) is 11.5 Å². The molecule has 3 N–H and O–H groups in total. The molecule has 1 amide bonds. The van der Waals surface area contributed by atoms with Gasteiger partial charge in [-0.3, -0.25) is 9.48 Å². The fourth-order valence-corrected chi connectivity index (χ4v) is 5.00. The van der Waals surface area contributed by atoms with Gasteiger partial charge in [0.1, 0.15) is 11.3 Å². The Morgan fingerprint density at radius 2 is 1.87 bits per heavy atom. The molecule has 0 fully saturated rings. The Morgan fingerprint density at radius 1 is 1.03 bits per heavy atom. The number of hydrogen-bond donors (Lipinski definition) is 2. The van der Waals surface area contributed by atoms with Crippen LogP contribution in [0.1, 0.15) is 45.2 Å². The number of hydrogen-bond acceptors (Lipinski definition) is 5. The van der Waals surface area contributed by atoms with Crippen LogP contribution < -0.4 is 11.1 Å². The van der Waals surface area contributed by atoms with Crippen LogP contribution in [0.25, 0.3) is 11.2 Å². The van der Waals surface area contributed by atoms with Crippen molar-refractivity contribution in [3.63, 3.8) is 0 Å². The van der Waals surface area contributed by atoms with Crippen LogP contribution in [-0.2, 0) is 13.5 Å². The number of carbonyl (C=O) groups excluding carboxylic acids is 1. The number of benzene rings is 2. The lowest BCUT2D eigenvalue weighted by atomic mass is 9.92. The van der Waals surface area contributed by atoms with E-state index in [4.69, 9.17) is 5.73 Å². The van der Waals surface area contributed by atoms with Crippen molar-refractivity contribution in [2.45, 2.75) is 19.4 Å². The van der Waals surface area contributed by atoms with Crippen molar-refractivity contribution in [1.29, 1.82) is 0 Å². The number of anilines is 1. The summed E-state index contributed by atoms with van der Waals surface area (Å²) in [6.07, 6.45) is 5.91. The molecule has 0 radical (unpaired) electrons. The third-order valence-electron chi connectivity index (χ3n) is 6.72. The average molecular weight is 500 g/mol. The monoisotopic (exact) mass is 499 g/mol. The first-order valence-electron chi connectivity index (χ1n) is 12.3. The summed E-state index contributed by atoms with van der Waals surface area (Å²) in [5, 5.41) is 11.8. The molecule has 8 heteroatoms. The van der Waals surface area contributed by atoms with E-state index in [1.54, 1.807) is 23.1 Å². The van der Waals surface area contributed by atoms with E-state index in [9.17, 15) is 4.79 Å². The Hall–Kier alpha value is -5.16. The highest BCUT2D eigenvalue weighted by Gasteiger charge is 2.30. The zero-order valence-electron chi connectivity index (χ0n) is 21.0. The van der Waals surface area contributed by atoms with Crippen LogP contribution in [0.5, 0.6) is 0 Å². The van der Waals surface area contributed by atoms with Gasteiger partial charge in [-0.1, -0.05) is 48.4 Å². The van der Waals surface area contributed by atoms with E-state index in [-0.39, 0.29) is 23.3 Å². The molecule has 6 rings (SSSR count). The topological polar surface area (TPSA) is 103 Å². The lowest BCUT2D eigenvalue weighted by Gasteiger charge is -2.18. The largest absolute Gasteiger partial charge is 0.381 e. The molecule has 2 aromatic carbocycles. The van der Waals surface area contributed by atoms with Crippen LogP contribution in [0.15, 0.2) is 84.8 Å². The number of rotatable bonds is 4. The normalized spacial score (nSPS) is 13.2. The van der Waals surface area contributed by atoms with Crippen LogP contribution >= 0.6 is 0 Å². The summed E-state index contributed by atoms with van der Waals surface area (Å²) in [5.74, 6) is 6.37. The highest BCUT2D eigenvalue weighted by atomic mass is 16.1. The van der Waals surface area contributed by atoms with Crippen molar-refractivity contribution in [2.24, 2.45) is 7.05 Å². The summed E-state index contributed by atoms with van der Waals surface area (Å²) in [4.78, 5) is 17.7. The third-order valence-corrected chi connectivity index (χ3v) is 6.72. The van der Waals surface area contributed by atoms with Crippen molar-refractivity contribution in [2.75, 3.05) is 5.73 Å². The van der Waals surface area contributed by atoms with Gasteiger partial charge in [0.2, 0.25) is 0 Å². The number of nitrogens with zero attached hydrogens (tertiary/aromatic N) is 5. The van der Waals surface area contributed by atoms with Gasteiger partial charge in [-0.05, 0) is 59.7 Å². The van der Waals surface area contributed by atoms with Gasteiger partial charge in [-0.15, -0.1) is 5.10 Å². The number of nitrogens with two attached hydrogens (primary N) is 1. The highest BCUT2D eigenvalue weighted by molar-refractivity contribution is 6.04. The lowest BCUT2D eigenvalue weighted by molar-refractivity contribution is 0.0947. The number of fused-ring (bicyclic) bond motifs is 2. The SMILES string of the molecule is CC(NC(=O)c1c(N)nn2cccnc12)C1=C(c2ccccc2)c2c(C#Cc3ccn(C)n3)cccc2C1. The van der Waals surface area contributed by atoms with Gasteiger partial charge >= 0.3 is 0 Å². The number of aromatic nitrogens is 5. The molecule has 0 saturated carbocycles. The van der Waals surface area contributed by atoms with Gasteiger partial charge in [0.25, 0.3) is 5.91 Å². The molecule has 3 aromatic heterocycles. The molecule has 38 heavy (non-hydrogen) atoms. The van der Waals surface area contributed by atoms with Crippen molar-refractivity contribution in [1.82, 2.24) is 29.7 Å². The Bertz CT molecular complexity index is 1780. The quantitative estimate of drug-likeness (QED) is 0.368. The molecule has 186 valence electrons. The molecular weight excluding hydrogens is 474 g/mol. The zero-order chi connectivity index (χ0) is 26.2. The molecule has 0 saturated heterocycles. The third kappa shape index (κ3) is 4.10. The van der Waals surface area contributed by atoms with E-state index < -0.39 is 0 Å². The van der Waals surface area contributed by atoms with Crippen LogP contribution in [-0.4, -0.2) is 36.3 Å². The van der Waals surface area contributed by atoms with Crippen LogP contribution in [0.3, 0.4) is 0 Å². The van der Waals surface area contributed by atoms with E-state index in [2.05, 4.69) is 50.5 Å². The number of carbonyl (C=O) groups is 1. The van der Waals surface area contributed by atoms with E-state index in [1.165, 1.54) is 10.1 Å². The summed E-state index contributed by atoms with van der Waals surface area (Å²) in [5.41, 5.74) is 14.0.